The van der Waals surface area contributed by atoms with E-state index in [2.05, 4.69) is 18.9 Å². The fraction of sp³-hybridized carbons (Fsp3) is 0.875. The van der Waals surface area contributed by atoms with E-state index < -0.39 is 0 Å². The summed E-state index contributed by atoms with van der Waals surface area (Å²) in [5, 5.41) is 3.75. The van der Waals surface area contributed by atoms with Gasteiger partial charge in [-0.2, -0.15) is 5.10 Å². The maximum atomic E-state index is 5.20. The molecule has 0 radical (unpaired) electrons. The van der Waals surface area contributed by atoms with Crippen molar-refractivity contribution in [1.82, 2.24) is 0 Å². The van der Waals surface area contributed by atoms with Crippen LogP contribution in [0, 0.1) is 11.8 Å². The minimum absolute atomic E-state index is 0.774. The summed E-state index contributed by atoms with van der Waals surface area (Å²) in [6.07, 6.45) is 3.48. The molecule has 0 heterocycles. The van der Waals surface area contributed by atoms with Gasteiger partial charge in [0.25, 0.3) is 0 Å². The van der Waals surface area contributed by atoms with Crippen molar-refractivity contribution in [2.75, 3.05) is 0 Å². The lowest BCUT2D eigenvalue weighted by atomic mass is 9.81. The molecule has 0 amide bonds. The third kappa shape index (κ3) is 1.49. The molecule has 2 heteroatoms. The molecule has 2 N–H and O–H groups in total. The lowest BCUT2D eigenvalue weighted by molar-refractivity contribution is 0.355. The summed E-state index contributed by atoms with van der Waals surface area (Å²) in [5.74, 6) is 6.83. The summed E-state index contributed by atoms with van der Waals surface area (Å²) in [6.45, 7) is 4.58. The van der Waals surface area contributed by atoms with E-state index in [1.807, 2.05) is 0 Å². The van der Waals surface area contributed by atoms with Crippen molar-refractivity contribution in [3.05, 3.63) is 0 Å². The van der Waals surface area contributed by atoms with Gasteiger partial charge in [-0.3, -0.25) is 0 Å². The maximum Gasteiger partial charge on any atom is 0.0378 e. The number of rotatable bonds is 0. The van der Waals surface area contributed by atoms with Gasteiger partial charge in [0, 0.05) is 5.71 Å². The van der Waals surface area contributed by atoms with Crippen molar-refractivity contribution < 1.29 is 0 Å². The first-order valence-corrected chi connectivity index (χ1v) is 3.99. The van der Waals surface area contributed by atoms with Gasteiger partial charge in [0.2, 0.25) is 0 Å². The third-order valence-electron chi connectivity index (χ3n) is 2.60. The van der Waals surface area contributed by atoms with Gasteiger partial charge in [0.1, 0.15) is 0 Å². The first-order chi connectivity index (χ1) is 4.74. The summed E-state index contributed by atoms with van der Waals surface area (Å²) in [6, 6.07) is 0. The Morgan fingerprint density at radius 2 is 2.10 bits per heavy atom. The molecule has 1 aliphatic rings. The highest BCUT2D eigenvalue weighted by molar-refractivity contribution is 5.85. The van der Waals surface area contributed by atoms with E-state index in [9.17, 15) is 0 Å². The minimum Gasteiger partial charge on any atom is -0.323 e. The van der Waals surface area contributed by atoms with Crippen LogP contribution in [0.2, 0.25) is 0 Å². The quantitative estimate of drug-likeness (QED) is 0.404. The van der Waals surface area contributed by atoms with Crippen LogP contribution in [0.3, 0.4) is 0 Å². The first kappa shape index (κ1) is 7.58. The third-order valence-corrected chi connectivity index (χ3v) is 2.60. The molecule has 1 rings (SSSR count). The lowest BCUT2D eigenvalue weighted by Gasteiger charge is -2.25. The van der Waals surface area contributed by atoms with E-state index in [0.29, 0.717) is 0 Å². The Hall–Kier alpha value is -0.530. The summed E-state index contributed by atoms with van der Waals surface area (Å²) in [4.78, 5) is 0. The molecule has 1 aliphatic carbocycles. The van der Waals surface area contributed by atoms with E-state index >= 15 is 0 Å². The minimum atomic E-state index is 0.774. The molecule has 0 aromatic rings. The van der Waals surface area contributed by atoms with Gasteiger partial charge < -0.3 is 5.84 Å². The summed E-state index contributed by atoms with van der Waals surface area (Å²) in [7, 11) is 0. The molecule has 0 spiro atoms. The van der Waals surface area contributed by atoms with Crippen molar-refractivity contribution in [3.8, 4) is 0 Å². The van der Waals surface area contributed by atoms with Gasteiger partial charge in [-0.1, -0.05) is 13.8 Å². The van der Waals surface area contributed by atoms with Crippen LogP contribution in [-0.4, -0.2) is 5.71 Å². The van der Waals surface area contributed by atoms with Crippen molar-refractivity contribution in [3.63, 3.8) is 0 Å². The molecule has 58 valence electrons. The molecule has 2 nitrogen and oxygen atoms in total. The fourth-order valence-corrected chi connectivity index (χ4v) is 1.47. The van der Waals surface area contributed by atoms with E-state index in [0.717, 1.165) is 24.7 Å². The van der Waals surface area contributed by atoms with Crippen LogP contribution in [0.5, 0.6) is 0 Å². The molecule has 0 aromatic heterocycles. The molecule has 1 saturated carbocycles. The van der Waals surface area contributed by atoms with Crippen LogP contribution in [0.1, 0.15) is 33.1 Å². The predicted molar refractivity (Wildman–Crippen MR) is 43.8 cm³/mol. The number of nitrogens with zero attached hydrogens (tertiary/aromatic N) is 1. The number of hydrogen-bond donors (Lipinski definition) is 1. The largest absolute Gasteiger partial charge is 0.323 e. The van der Waals surface area contributed by atoms with Crippen LogP contribution >= 0.6 is 0 Å². The van der Waals surface area contributed by atoms with Gasteiger partial charge in [0.15, 0.2) is 0 Å². The fourth-order valence-electron chi connectivity index (χ4n) is 1.47. The summed E-state index contributed by atoms with van der Waals surface area (Å²) < 4.78 is 0. The highest BCUT2D eigenvalue weighted by atomic mass is 15.1. The van der Waals surface area contributed by atoms with Crippen molar-refractivity contribution in [2.24, 2.45) is 22.8 Å². The summed E-state index contributed by atoms with van der Waals surface area (Å²) in [5.41, 5.74) is 1.20. The number of hydrazone groups is 1. The SMILES string of the molecule is CC1CC/C(=N/N)CC1C. The standard InChI is InChI=1S/C8H16N2/c1-6-3-4-8(10-9)5-7(6)2/h6-7H,3-5,9H2,1-2H3/b10-8-. The zero-order valence-corrected chi connectivity index (χ0v) is 6.80. The topological polar surface area (TPSA) is 38.4 Å². The molecule has 0 saturated heterocycles. The highest BCUT2D eigenvalue weighted by Gasteiger charge is 2.20. The molecule has 0 bridgehead atoms. The normalized spacial score (nSPS) is 38.4. The van der Waals surface area contributed by atoms with Gasteiger partial charge in [-0.25, -0.2) is 0 Å². The van der Waals surface area contributed by atoms with E-state index in [1.54, 1.807) is 0 Å². The number of nitrogens with two attached hydrogens (primary N) is 1. The number of hydrogen-bond acceptors (Lipinski definition) is 2. The Balaban J connectivity index is 2.48. The van der Waals surface area contributed by atoms with Gasteiger partial charge in [-0.05, 0) is 31.1 Å². The molecular formula is C8H16N2. The Kier molecular flexibility index (Phi) is 2.30. The summed E-state index contributed by atoms with van der Waals surface area (Å²) >= 11 is 0. The molecule has 1 fully saturated rings. The highest BCUT2D eigenvalue weighted by Crippen LogP contribution is 2.26. The second-order valence-electron chi connectivity index (χ2n) is 3.39. The Morgan fingerprint density at radius 3 is 2.60 bits per heavy atom. The van der Waals surface area contributed by atoms with Crippen molar-refractivity contribution >= 4 is 5.71 Å². The monoisotopic (exact) mass is 140 g/mol. The Morgan fingerprint density at radius 1 is 1.40 bits per heavy atom. The van der Waals surface area contributed by atoms with Gasteiger partial charge >= 0.3 is 0 Å². The Bertz CT molecular complexity index is 140. The van der Waals surface area contributed by atoms with Crippen LogP contribution in [0.25, 0.3) is 0 Å². The van der Waals surface area contributed by atoms with Gasteiger partial charge in [0.05, 0.1) is 0 Å². The molecule has 0 aliphatic heterocycles. The lowest BCUT2D eigenvalue weighted by Crippen LogP contribution is -2.21. The predicted octanol–water partition coefficient (Wildman–Crippen LogP) is 1.76. The average Bonchev–Trinajstić information content (AvgIpc) is 1.95. The second-order valence-corrected chi connectivity index (χ2v) is 3.39. The van der Waals surface area contributed by atoms with E-state index in [-0.39, 0.29) is 0 Å². The van der Waals surface area contributed by atoms with E-state index in [1.165, 1.54) is 12.1 Å². The van der Waals surface area contributed by atoms with Gasteiger partial charge in [-0.15, -0.1) is 0 Å². The second kappa shape index (κ2) is 3.04. The zero-order chi connectivity index (χ0) is 7.56. The molecule has 0 aromatic carbocycles. The zero-order valence-electron chi connectivity index (χ0n) is 6.80. The molecular weight excluding hydrogens is 124 g/mol. The van der Waals surface area contributed by atoms with Crippen LogP contribution in [0.15, 0.2) is 5.10 Å². The van der Waals surface area contributed by atoms with Crippen LogP contribution in [-0.2, 0) is 0 Å². The Labute approximate surface area is 62.5 Å². The van der Waals surface area contributed by atoms with Crippen LogP contribution < -0.4 is 5.84 Å². The van der Waals surface area contributed by atoms with Crippen molar-refractivity contribution in [2.45, 2.75) is 33.1 Å². The smallest absolute Gasteiger partial charge is 0.0378 e. The van der Waals surface area contributed by atoms with Crippen LogP contribution in [0.4, 0.5) is 0 Å². The maximum absolute atomic E-state index is 5.20. The van der Waals surface area contributed by atoms with Crippen molar-refractivity contribution in [1.29, 1.82) is 0 Å². The molecule has 2 atom stereocenters. The molecule has 2 unspecified atom stereocenters. The first-order valence-electron chi connectivity index (χ1n) is 3.99. The molecule has 10 heavy (non-hydrogen) atoms. The van der Waals surface area contributed by atoms with E-state index in [4.69, 9.17) is 5.84 Å². The average molecular weight is 140 g/mol.